The molecular weight excluding hydrogens is 412 g/mol. The van der Waals surface area contributed by atoms with Crippen molar-refractivity contribution in [3.63, 3.8) is 0 Å². The first-order valence-corrected chi connectivity index (χ1v) is 10.8. The lowest BCUT2D eigenvalue weighted by Gasteiger charge is -2.38. The molecule has 2 N–H and O–H groups in total. The molecule has 7 nitrogen and oxygen atoms in total. The van der Waals surface area contributed by atoms with Crippen LogP contribution in [0, 0.1) is 17.3 Å². The van der Waals surface area contributed by atoms with E-state index < -0.39 is 35.9 Å². The lowest BCUT2D eigenvalue weighted by atomic mass is 9.65. The van der Waals surface area contributed by atoms with Crippen LogP contribution in [0.25, 0.3) is 0 Å². The average Bonchev–Trinajstić information content (AvgIpc) is 2.77. The molecule has 178 valence electrons. The summed E-state index contributed by atoms with van der Waals surface area (Å²) in [7, 11) is 0. The molecule has 7 heteroatoms. The molecule has 0 aromatic carbocycles. The van der Waals surface area contributed by atoms with Crippen LogP contribution >= 0.6 is 0 Å². The number of allylic oxidation sites excluding steroid dienone is 3. The van der Waals surface area contributed by atoms with Gasteiger partial charge in [-0.05, 0) is 69.9 Å². The highest BCUT2D eigenvalue weighted by Crippen LogP contribution is 2.46. The molecule has 0 saturated carbocycles. The van der Waals surface area contributed by atoms with Gasteiger partial charge in [-0.1, -0.05) is 25.2 Å². The van der Waals surface area contributed by atoms with Crippen LogP contribution in [0.2, 0.25) is 0 Å². The fourth-order valence-corrected chi connectivity index (χ4v) is 4.10. The van der Waals surface area contributed by atoms with Gasteiger partial charge in [-0.25, -0.2) is 9.68 Å². The predicted octanol–water partition coefficient (Wildman–Crippen LogP) is 4.33. The van der Waals surface area contributed by atoms with E-state index in [1.165, 1.54) is 19.3 Å². The van der Waals surface area contributed by atoms with Crippen molar-refractivity contribution in [3.8, 4) is 0 Å². The van der Waals surface area contributed by atoms with E-state index in [1.54, 1.807) is 32.9 Å². The number of hydrogen-bond acceptors (Lipinski definition) is 7. The summed E-state index contributed by atoms with van der Waals surface area (Å²) in [4.78, 5) is 41.6. The second-order valence-corrected chi connectivity index (χ2v) is 9.11. The highest BCUT2D eigenvalue weighted by molar-refractivity contribution is 6.00. The van der Waals surface area contributed by atoms with E-state index in [0.29, 0.717) is 24.8 Å². The predicted molar refractivity (Wildman–Crippen MR) is 121 cm³/mol. The second kappa shape index (κ2) is 12.6. The Morgan fingerprint density at radius 3 is 2.47 bits per heavy atom. The molecule has 0 aliphatic heterocycles. The third-order valence-electron chi connectivity index (χ3n) is 5.92. The Balaban J connectivity index is 3.37. The van der Waals surface area contributed by atoms with Crippen LogP contribution in [0.1, 0.15) is 60.3 Å². The molecule has 0 heterocycles. The zero-order chi connectivity index (χ0) is 24.5. The van der Waals surface area contributed by atoms with Gasteiger partial charge in [0.2, 0.25) is 0 Å². The first kappa shape index (κ1) is 27.7. The van der Waals surface area contributed by atoms with Gasteiger partial charge in [0.05, 0.1) is 12.9 Å². The van der Waals surface area contributed by atoms with Gasteiger partial charge < -0.3 is 14.6 Å². The van der Waals surface area contributed by atoms with Gasteiger partial charge in [-0.15, -0.1) is 0 Å². The van der Waals surface area contributed by atoms with E-state index >= 15 is 0 Å². The monoisotopic (exact) mass is 448 g/mol. The van der Waals surface area contributed by atoms with Crippen molar-refractivity contribution in [1.82, 2.24) is 0 Å². The number of hydrogen-bond donors (Lipinski definition) is 2. The zero-order valence-electron chi connectivity index (χ0n) is 19.7. The molecule has 0 bridgehead atoms. The Morgan fingerprint density at radius 2 is 1.97 bits per heavy atom. The standard InChI is InChI=1S/C25H36O7/c1-16(2)13-23(28)31-12-9-21-20(14-18(5)27)24(29)19(15-26)7-10-25(21,6)11-8-22(32-30)17(3)4/h7,9,12-13,20-22,26,30H,3,8,10-11,14-15H2,1-2,4-6H3/b12-9+/t20-,21-,22?,25+/m0/s1. The zero-order valence-corrected chi connectivity index (χ0v) is 19.7. The van der Waals surface area contributed by atoms with Crippen LogP contribution in [0.15, 0.2) is 47.8 Å². The Kier molecular flexibility index (Phi) is 10.9. The molecule has 0 fully saturated rings. The number of esters is 1. The van der Waals surface area contributed by atoms with Gasteiger partial charge in [0.25, 0.3) is 0 Å². The Hall–Kier alpha value is -2.35. The van der Waals surface area contributed by atoms with E-state index in [0.717, 1.165) is 5.57 Å². The molecular formula is C25H36O7. The summed E-state index contributed by atoms with van der Waals surface area (Å²) in [6, 6.07) is 0. The Bertz CT molecular complexity index is 801. The van der Waals surface area contributed by atoms with Gasteiger partial charge in [0.1, 0.15) is 11.9 Å². The van der Waals surface area contributed by atoms with Crippen LogP contribution in [0.4, 0.5) is 0 Å². The molecule has 0 spiro atoms. The molecule has 4 atom stereocenters. The van der Waals surface area contributed by atoms with Crippen molar-refractivity contribution in [2.75, 3.05) is 6.61 Å². The number of Topliss-reactive ketones (excluding diaryl/α,β-unsaturated/α-hetero) is 2. The first-order valence-electron chi connectivity index (χ1n) is 10.8. The second-order valence-electron chi connectivity index (χ2n) is 9.11. The summed E-state index contributed by atoms with van der Waals surface area (Å²) in [6.45, 7) is 12.1. The summed E-state index contributed by atoms with van der Waals surface area (Å²) in [5.41, 5.74) is 1.18. The number of rotatable bonds is 11. The quantitative estimate of drug-likeness (QED) is 0.121. The minimum absolute atomic E-state index is 0.00308. The number of aliphatic hydroxyl groups excluding tert-OH is 1. The largest absolute Gasteiger partial charge is 0.432 e. The molecule has 0 radical (unpaired) electrons. The number of ether oxygens (including phenoxy) is 1. The third kappa shape index (κ3) is 7.97. The lowest BCUT2D eigenvalue weighted by molar-refractivity contribution is -0.270. The highest BCUT2D eigenvalue weighted by atomic mass is 17.1. The number of carbonyl (C=O) groups excluding carboxylic acids is 3. The maximum atomic E-state index is 13.1. The van der Waals surface area contributed by atoms with Gasteiger partial charge in [-0.2, -0.15) is 0 Å². The SMILES string of the molecule is C=C(C)C(CC[C@@]1(C)CC=C(CO)C(=O)[C@@H](CC(C)=O)[C@@H]1/C=C/OC(=O)C=C(C)C)OO. The molecule has 0 aromatic rings. The van der Waals surface area contributed by atoms with Crippen molar-refractivity contribution in [1.29, 1.82) is 0 Å². The first-order chi connectivity index (χ1) is 14.9. The van der Waals surface area contributed by atoms with Crippen LogP contribution < -0.4 is 0 Å². The molecule has 1 aliphatic carbocycles. The fourth-order valence-electron chi connectivity index (χ4n) is 4.10. The number of ketones is 2. The molecule has 32 heavy (non-hydrogen) atoms. The summed E-state index contributed by atoms with van der Waals surface area (Å²) >= 11 is 0. The normalized spacial score (nSPS) is 24.5. The van der Waals surface area contributed by atoms with Crippen molar-refractivity contribution >= 4 is 17.5 Å². The van der Waals surface area contributed by atoms with Crippen molar-refractivity contribution in [2.24, 2.45) is 17.3 Å². The minimum Gasteiger partial charge on any atom is -0.432 e. The molecule has 1 aliphatic rings. The van der Waals surface area contributed by atoms with E-state index in [-0.39, 0.29) is 23.6 Å². The van der Waals surface area contributed by atoms with Gasteiger partial charge in [-0.3, -0.25) is 10.1 Å². The van der Waals surface area contributed by atoms with Gasteiger partial charge >= 0.3 is 5.97 Å². The molecule has 0 aromatic heterocycles. The minimum atomic E-state index is -0.713. The summed E-state index contributed by atoms with van der Waals surface area (Å²) in [5, 5.41) is 18.9. The molecule has 1 rings (SSSR count). The Labute approximate surface area is 190 Å². The van der Waals surface area contributed by atoms with E-state index in [1.807, 2.05) is 6.92 Å². The van der Waals surface area contributed by atoms with Crippen molar-refractivity contribution in [3.05, 3.63) is 47.8 Å². The topological polar surface area (TPSA) is 110 Å². The van der Waals surface area contributed by atoms with Crippen molar-refractivity contribution in [2.45, 2.75) is 66.4 Å². The average molecular weight is 449 g/mol. The van der Waals surface area contributed by atoms with Gasteiger partial charge in [0.15, 0.2) is 5.78 Å². The maximum Gasteiger partial charge on any atom is 0.335 e. The van der Waals surface area contributed by atoms with Crippen LogP contribution in [0.3, 0.4) is 0 Å². The molecule has 0 saturated heterocycles. The van der Waals surface area contributed by atoms with E-state index in [9.17, 15) is 24.7 Å². The van der Waals surface area contributed by atoms with E-state index in [2.05, 4.69) is 11.5 Å². The van der Waals surface area contributed by atoms with Crippen LogP contribution in [-0.4, -0.2) is 40.6 Å². The summed E-state index contributed by atoms with van der Waals surface area (Å²) < 4.78 is 5.18. The number of carbonyl (C=O) groups is 3. The van der Waals surface area contributed by atoms with Crippen molar-refractivity contribution < 1.29 is 34.4 Å². The summed E-state index contributed by atoms with van der Waals surface area (Å²) in [5.74, 6) is -2.13. The van der Waals surface area contributed by atoms with Crippen LogP contribution in [-0.2, 0) is 24.0 Å². The summed E-state index contributed by atoms with van der Waals surface area (Å²) in [6.07, 6.45) is 6.85. The third-order valence-corrected chi connectivity index (χ3v) is 5.92. The fraction of sp³-hybridized carbons (Fsp3) is 0.560. The number of aliphatic hydroxyl groups is 1. The van der Waals surface area contributed by atoms with Crippen LogP contribution in [0.5, 0.6) is 0 Å². The lowest BCUT2D eigenvalue weighted by Crippen LogP contribution is -2.36. The smallest absolute Gasteiger partial charge is 0.335 e. The Morgan fingerprint density at radius 1 is 1.31 bits per heavy atom. The van der Waals surface area contributed by atoms with E-state index in [4.69, 9.17) is 4.74 Å². The molecule has 0 amide bonds. The van der Waals surface area contributed by atoms with Gasteiger partial charge in [0, 0.05) is 24.0 Å². The molecule has 1 unspecified atom stereocenters. The maximum absolute atomic E-state index is 13.1. The highest BCUT2D eigenvalue weighted by Gasteiger charge is 2.43.